The van der Waals surface area contributed by atoms with Crippen LogP contribution in [0.5, 0.6) is 5.75 Å². The van der Waals surface area contributed by atoms with Crippen molar-refractivity contribution in [3.05, 3.63) is 57.2 Å². The summed E-state index contributed by atoms with van der Waals surface area (Å²) in [5.74, 6) is 0.871. The normalized spacial score (nSPS) is 10.2. The van der Waals surface area contributed by atoms with Gasteiger partial charge in [-0.15, -0.1) is 0 Å². The van der Waals surface area contributed by atoms with Gasteiger partial charge in [0.1, 0.15) is 10.9 Å². The fourth-order valence-corrected chi connectivity index (χ4v) is 1.98. The molecule has 0 aliphatic heterocycles. The van der Waals surface area contributed by atoms with Crippen molar-refractivity contribution >= 4 is 23.1 Å². The second kappa shape index (κ2) is 6.90. The van der Waals surface area contributed by atoms with E-state index in [9.17, 15) is 10.1 Å². The molecule has 1 aromatic carbocycles. The van der Waals surface area contributed by atoms with E-state index < -0.39 is 4.92 Å². The average molecular weight is 308 g/mol. The standard InChI is InChI=1S/C14H14ClN3O3/c1-2-21-12-6-4-3-5-10(12)9-16-14-11(18(19)20)7-8-13(15)17-14/h3-8H,2,9H2,1H3,(H,16,17). The predicted molar refractivity (Wildman–Crippen MR) is 80.8 cm³/mol. The van der Waals surface area contributed by atoms with Gasteiger partial charge in [0.05, 0.1) is 11.5 Å². The first-order chi connectivity index (χ1) is 10.1. The lowest BCUT2D eigenvalue weighted by molar-refractivity contribution is -0.384. The van der Waals surface area contributed by atoms with E-state index in [-0.39, 0.29) is 16.7 Å². The zero-order valence-electron chi connectivity index (χ0n) is 11.4. The number of pyridine rings is 1. The Hall–Kier alpha value is -2.34. The van der Waals surface area contributed by atoms with Gasteiger partial charge in [0.15, 0.2) is 0 Å². The maximum absolute atomic E-state index is 11.0. The average Bonchev–Trinajstić information content (AvgIpc) is 2.46. The van der Waals surface area contributed by atoms with Crippen molar-refractivity contribution in [2.45, 2.75) is 13.5 Å². The Bertz CT molecular complexity index is 649. The van der Waals surface area contributed by atoms with Gasteiger partial charge in [0.2, 0.25) is 5.82 Å². The largest absolute Gasteiger partial charge is 0.494 e. The molecule has 1 N–H and O–H groups in total. The summed E-state index contributed by atoms with van der Waals surface area (Å²) in [6, 6.07) is 10.2. The van der Waals surface area contributed by atoms with Gasteiger partial charge in [-0.25, -0.2) is 4.98 Å². The van der Waals surface area contributed by atoms with Crippen molar-refractivity contribution in [3.63, 3.8) is 0 Å². The van der Waals surface area contributed by atoms with Crippen LogP contribution in [0, 0.1) is 10.1 Å². The molecule has 110 valence electrons. The van der Waals surface area contributed by atoms with Crippen LogP contribution in [-0.4, -0.2) is 16.5 Å². The van der Waals surface area contributed by atoms with Gasteiger partial charge in [-0.3, -0.25) is 10.1 Å². The van der Waals surface area contributed by atoms with Crippen LogP contribution in [0.25, 0.3) is 0 Å². The van der Waals surface area contributed by atoms with E-state index in [0.29, 0.717) is 13.2 Å². The van der Waals surface area contributed by atoms with Crippen molar-refractivity contribution in [1.82, 2.24) is 4.98 Å². The molecule has 0 fully saturated rings. The van der Waals surface area contributed by atoms with Crippen LogP contribution in [0.15, 0.2) is 36.4 Å². The van der Waals surface area contributed by atoms with Gasteiger partial charge in [-0.2, -0.15) is 0 Å². The number of halogens is 1. The maximum atomic E-state index is 11.0. The summed E-state index contributed by atoms with van der Waals surface area (Å²) in [6.07, 6.45) is 0. The monoisotopic (exact) mass is 307 g/mol. The number of hydrogen-bond acceptors (Lipinski definition) is 5. The van der Waals surface area contributed by atoms with E-state index in [1.165, 1.54) is 12.1 Å². The summed E-state index contributed by atoms with van der Waals surface area (Å²) in [6.45, 7) is 2.80. The van der Waals surface area contributed by atoms with Crippen LogP contribution in [-0.2, 0) is 6.54 Å². The third kappa shape index (κ3) is 3.82. The van der Waals surface area contributed by atoms with E-state index in [1.807, 2.05) is 31.2 Å². The molecule has 1 aromatic heterocycles. The highest BCUT2D eigenvalue weighted by Gasteiger charge is 2.15. The highest BCUT2D eigenvalue weighted by Crippen LogP contribution is 2.26. The van der Waals surface area contributed by atoms with Crippen LogP contribution < -0.4 is 10.1 Å². The summed E-state index contributed by atoms with van der Waals surface area (Å²) in [5, 5.41) is 14.1. The van der Waals surface area contributed by atoms with Crippen LogP contribution in [0.1, 0.15) is 12.5 Å². The Balaban J connectivity index is 2.20. The van der Waals surface area contributed by atoms with Crippen LogP contribution in [0.4, 0.5) is 11.5 Å². The number of nitro groups is 1. The molecule has 0 aliphatic carbocycles. The lowest BCUT2D eigenvalue weighted by Crippen LogP contribution is -2.06. The first-order valence-electron chi connectivity index (χ1n) is 6.37. The molecule has 0 aliphatic rings. The van der Waals surface area contributed by atoms with Crippen LogP contribution in [0.2, 0.25) is 5.15 Å². The van der Waals surface area contributed by atoms with Crippen molar-refractivity contribution in [3.8, 4) is 5.75 Å². The van der Waals surface area contributed by atoms with Crippen molar-refractivity contribution in [2.24, 2.45) is 0 Å². The number of nitrogens with one attached hydrogen (secondary N) is 1. The molecule has 7 heteroatoms. The Morgan fingerprint density at radius 1 is 1.33 bits per heavy atom. The molecule has 0 spiro atoms. The van der Waals surface area contributed by atoms with E-state index in [0.717, 1.165) is 11.3 Å². The Morgan fingerprint density at radius 3 is 2.81 bits per heavy atom. The molecule has 0 saturated carbocycles. The summed E-state index contributed by atoms with van der Waals surface area (Å²) >= 11 is 5.79. The van der Waals surface area contributed by atoms with Crippen LogP contribution in [0.3, 0.4) is 0 Å². The molecule has 21 heavy (non-hydrogen) atoms. The van der Waals surface area contributed by atoms with Crippen molar-refractivity contribution < 1.29 is 9.66 Å². The Kier molecular flexibility index (Phi) is 4.94. The van der Waals surface area contributed by atoms with Gasteiger partial charge < -0.3 is 10.1 Å². The number of benzene rings is 1. The second-order valence-electron chi connectivity index (χ2n) is 4.15. The highest BCUT2D eigenvalue weighted by molar-refractivity contribution is 6.29. The third-order valence-electron chi connectivity index (χ3n) is 2.76. The summed E-state index contributed by atoms with van der Waals surface area (Å²) in [5.41, 5.74) is 0.767. The molecule has 2 aromatic rings. The first kappa shape index (κ1) is 15.1. The fraction of sp³-hybridized carbons (Fsp3) is 0.214. The smallest absolute Gasteiger partial charge is 0.311 e. The minimum atomic E-state index is -0.500. The summed E-state index contributed by atoms with van der Waals surface area (Å²) in [7, 11) is 0. The molecule has 1 heterocycles. The Labute approximate surface area is 126 Å². The molecule has 6 nitrogen and oxygen atoms in total. The van der Waals surface area contributed by atoms with Crippen molar-refractivity contribution in [1.29, 1.82) is 0 Å². The lowest BCUT2D eigenvalue weighted by atomic mass is 10.2. The van der Waals surface area contributed by atoms with Gasteiger partial charge in [0.25, 0.3) is 0 Å². The molecule has 0 saturated heterocycles. The molecule has 2 rings (SSSR count). The third-order valence-corrected chi connectivity index (χ3v) is 2.97. The number of rotatable bonds is 6. The first-order valence-corrected chi connectivity index (χ1v) is 6.75. The summed E-state index contributed by atoms with van der Waals surface area (Å²) < 4.78 is 5.51. The Morgan fingerprint density at radius 2 is 2.10 bits per heavy atom. The minimum Gasteiger partial charge on any atom is -0.494 e. The number of nitrogens with zero attached hydrogens (tertiary/aromatic N) is 2. The summed E-state index contributed by atoms with van der Waals surface area (Å²) in [4.78, 5) is 14.4. The van der Waals surface area contributed by atoms with E-state index in [2.05, 4.69) is 10.3 Å². The molecular formula is C14H14ClN3O3. The molecule has 0 bridgehead atoms. The number of ether oxygens (including phenoxy) is 1. The molecule has 0 unspecified atom stereocenters. The molecule has 0 atom stereocenters. The van der Waals surface area contributed by atoms with Crippen molar-refractivity contribution in [2.75, 3.05) is 11.9 Å². The van der Waals surface area contributed by atoms with Gasteiger partial charge >= 0.3 is 5.69 Å². The van der Waals surface area contributed by atoms with Gasteiger partial charge in [-0.05, 0) is 19.1 Å². The zero-order valence-corrected chi connectivity index (χ0v) is 12.1. The van der Waals surface area contributed by atoms with Gasteiger partial charge in [-0.1, -0.05) is 29.8 Å². The minimum absolute atomic E-state index is 0.117. The predicted octanol–water partition coefficient (Wildman–Crippen LogP) is 3.65. The number of hydrogen-bond donors (Lipinski definition) is 1. The fourth-order valence-electron chi connectivity index (χ4n) is 1.83. The molecule has 0 amide bonds. The van der Waals surface area contributed by atoms with E-state index in [1.54, 1.807) is 0 Å². The SMILES string of the molecule is CCOc1ccccc1CNc1nc(Cl)ccc1[N+](=O)[O-]. The zero-order chi connectivity index (χ0) is 15.2. The topological polar surface area (TPSA) is 77.3 Å². The van der Waals surface area contributed by atoms with Crippen LogP contribution >= 0.6 is 11.6 Å². The quantitative estimate of drug-likeness (QED) is 0.500. The van der Waals surface area contributed by atoms with E-state index >= 15 is 0 Å². The van der Waals surface area contributed by atoms with E-state index in [4.69, 9.17) is 16.3 Å². The number of anilines is 1. The lowest BCUT2D eigenvalue weighted by Gasteiger charge is -2.11. The number of aromatic nitrogens is 1. The van der Waals surface area contributed by atoms with Gasteiger partial charge in [0, 0.05) is 18.2 Å². The highest BCUT2D eigenvalue weighted by atomic mass is 35.5. The second-order valence-corrected chi connectivity index (χ2v) is 4.54. The molecular weight excluding hydrogens is 294 g/mol. The number of para-hydroxylation sites is 1. The maximum Gasteiger partial charge on any atom is 0.311 e. The molecule has 0 radical (unpaired) electrons.